The predicted octanol–water partition coefficient (Wildman–Crippen LogP) is 4.60. The molecule has 0 aliphatic heterocycles. The van der Waals surface area contributed by atoms with Crippen molar-refractivity contribution in [3.63, 3.8) is 0 Å². The smallest absolute Gasteiger partial charge is 0.150 e. The second kappa shape index (κ2) is 7.58. The Hall–Kier alpha value is -2.20. The summed E-state index contributed by atoms with van der Waals surface area (Å²) < 4.78 is 24.5. The molecule has 1 fully saturated rings. The van der Waals surface area contributed by atoms with Crippen molar-refractivity contribution in [3.05, 3.63) is 53.3 Å². The Labute approximate surface area is 141 Å². The van der Waals surface area contributed by atoms with Crippen LogP contribution in [0.4, 0.5) is 4.39 Å². The van der Waals surface area contributed by atoms with Crippen LogP contribution in [-0.4, -0.2) is 26.1 Å². The van der Waals surface area contributed by atoms with Crippen LogP contribution in [0.2, 0.25) is 0 Å². The van der Waals surface area contributed by atoms with Gasteiger partial charge in [0.1, 0.15) is 24.5 Å². The number of aldehydes is 1. The highest BCUT2D eigenvalue weighted by Gasteiger charge is 2.29. The van der Waals surface area contributed by atoms with E-state index in [0.29, 0.717) is 37.1 Å². The van der Waals surface area contributed by atoms with Gasteiger partial charge in [-0.05, 0) is 61.1 Å². The molecule has 24 heavy (non-hydrogen) atoms. The lowest BCUT2D eigenvalue weighted by molar-refractivity contribution is 0.110. The topological polar surface area (TPSA) is 35.5 Å². The lowest BCUT2D eigenvalue weighted by Gasteiger charge is -2.17. The van der Waals surface area contributed by atoms with E-state index in [9.17, 15) is 9.18 Å². The summed E-state index contributed by atoms with van der Waals surface area (Å²) in [5.74, 6) is 0.835. The van der Waals surface area contributed by atoms with E-state index in [1.807, 2.05) is 13.0 Å². The molecule has 4 heteroatoms. The summed E-state index contributed by atoms with van der Waals surface area (Å²) in [4.78, 5) is 11.3. The van der Waals surface area contributed by atoms with E-state index in [2.05, 4.69) is 0 Å². The third-order valence-corrected chi connectivity index (χ3v) is 4.13. The zero-order chi connectivity index (χ0) is 16.9. The highest BCUT2D eigenvalue weighted by Crippen LogP contribution is 2.48. The predicted molar refractivity (Wildman–Crippen MR) is 91.2 cm³/mol. The number of carbonyl (C=O) groups is 1. The molecule has 0 aromatic heterocycles. The molecule has 3 nitrogen and oxygen atoms in total. The Balaban J connectivity index is 2.01. The molecule has 2 aromatic rings. The van der Waals surface area contributed by atoms with Crippen molar-refractivity contribution in [3.8, 4) is 16.9 Å². The maximum atomic E-state index is 13.3. The molecule has 1 aliphatic rings. The highest BCUT2D eigenvalue weighted by molar-refractivity contribution is 5.83. The van der Waals surface area contributed by atoms with Crippen LogP contribution >= 0.6 is 0 Å². The first-order valence-corrected chi connectivity index (χ1v) is 8.32. The molecular formula is C20H21FO3. The van der Waals surface area contributed by atoms with Gasteiger partial charge in [-0.25, -0.2) is 4.39 Å². The number of hydrogen-bond donors (Lipinski definition) is 0. The van der Waals surface area contributed by atoms with Crippen LogP contribution in [0.15, 0.2) is 36.4 Å². The van der Waals surface area contributed by atoms with Crippen LogP contribution in [0.5, 0.6) is 5.75 Å². The van der Waals surface area contributed by atoms with Crippen molar-refractivity contribution < 1.29 is 18.7 Å². The maximum Gasteiger partial charge on any atom is 0.150 e. The van der Waals surface area contributed by atoms with Gasteiger partial charge in [-0.15, -0.1) is 0 Å². The highest BCUT2D eigenvalue weighted by atomic mass is 19.1. The van der Waals surface area contributed by atoms with E-state index < -0.39 is 0 Å². The van der Waals surface area contributed by atoms with Crippen LogP contribution < -0.4 is 4.74 Å². The van der Waals surface area contributed by atoms with Gasteiger partial charge in [0.2, 0.25) is 0 Å². The van der Waals surface area contributed by atoms with Gasteiger partial charge >= 0.3 is 0 Å². The monoisotopic (exact) mass is 328 g/mol. The second-order valence-electron chi connectivity index (χ2n) is 5.93. The van der Waals surface area contributed by atoms with Gasteiger partial charge in [-0.2, -0.15) is 0 Å². The van der Waals surface area contributed by atoms with Crippen molar-refractivity contribution in [1.29, 1.82) is 0 Å². The van der Waals surface area contributed by atoms with E-state index in [1.165, 1.54) is 12.1 Å². The lowest BCUT2D eigenvalue weighted by Crippen LogP contribution is -2.08. The molecule has 2 aromatic carbocycles. The molecule has 0 amide bonds. The number of hydrogen-bond acceptors (Lipinski definition) is 3. The summed E-state index contributed by atoms with van der Waals surface area (Å²) in [6.45, 7) is 3.47. The van der Waals surface area contributed by atoms with Crippen LogP contribution in [-0.2, 0) is 4.74 Å². The second-order valence-corrected chi connectivity index (χ2v) is 5.93. The summed E-state index contributed by atoms with van der Waals surface area (Å²) in [7, 11) is 0. The summed E-state index contributed by atoms with van der Waals surface area (Å²) in [5, 5.41) is 0. The largest absolute Gasteiger partial charge is 0.491 e. The fraction of sp³-hybridized carbons (Fsp3) is 0.350. The number of ether oxygens (including phenoxy) is 2. The van der Waals surface area contributed by atoms with E-state index in [-0.39, 0.29) is 5.82 Å². The van der Waals surface area contributed by atoms with Crippen LogP contribution in [0.3, 0.4) is 0 Å². The van der Waals surface area contributed by atoms with E-state index in [4.69, 9.17) is 9.47 Å². The number of rotatable bonds is 8. The minimum Gasteiger partial charge on any atom is -0.491 e. The normalized spacial score (nSPS) is 13.8. The summed E-state index contributed by atoms with van der Waals surface area (Å²) >= 11 is 0. The van der Waals surface area contributed by atoms with Crippen LogP contribution in [0.1, 0.15) is 41.6 Å². The van der Waals surface area contributed by atoms with E-state index >= 15 is 0 Å². The van der Waals surface area contributed by atoms with Crippen LogP contribution in [0, 0.1) is 5.82 Å². The first kappa shape index (κ1) is 16.7. The standard InChI is InChI=1S/C20H21FO3/c1-2-23-9-10-24-19-12-14(13-22)11-18(15-3-4-15)20(19)16-5-7-17(21)8-6-16/h5-8,11-13,15H,2-4,9-10H2,1H3. The van der Waals surface area contributed by atoms with Gasteiger partial charge in [0.15, 0.2) is 0 Å². The van der Waals surface area contributed by atoms with Crippen molar-refractivity contribution in [2.75, 3.05) is 19.8 Å². The van der Waals surface area contributed by atoms with Crippen molar-refractivity contribution in [2.24, 2.45) is 0 Å². The van der Waals surface area contributed by atoms with Crippen molar-refractivity contribution in [1.82, 2.24) is 0 Å². The first-order chi connectivity index (χ1) is 11.7. The average molecular weight is 328 g/mol. The van der Waals surface area contributed by atoms with Crippen LogP contribution in [0.25, 0.3) is 11.1 Å². The Morgan fingerprint density at radius 2 is 1.92 bits per heavy atom. The third-order valence-electron chi connectivity index (χ3n) is 4.13. The first-order valence-electron chi connectivity index (χ1n) is 8.32. The lowest BCUT2D eigenvalue weighted by atomic mass is 9.93. The van der Waals surface area contributed by atoms with Crippen molar-refractivity contribution in [2.45, 2.75) is 25.7 Å². The summed E-state index contributed by atoms with van der Waals surface area (Å²) in [6.07, 6.45) is 3.06. The molecule has 1 aliphatic carbocycles. The molecule has 0 atom stereocenters. The van der Waals surface area contributed by atoms with Crippen molar-refractivity contribution >= 4 is 6.29 Å². The molecule has 1 saturated carbocycles. The number of halogens is 1. The molecule has 0 unspecified atom stereocenters. The van der Waals surface area contributed by atoms with E-state index in [0.717, 1.165) is 35.8 Å². The molecule has 3 rings (SSSR count). The van der Waals surface area contributed by atoms with Gasteiger partial charge in [-0.3, -0.25) is 4.79 Å². The third kappa shape index (κ3) is 3.82. The molecule has 126 valence electrons. The zero-order valence-electron chi connectivity index (χ0n) is 13.8. The van der Waals surface area contributed by atoms with Gasteiger partial charge in [-0.1, -0.05) is 12.1 Å². The minimum absolute atomic E-state index is 0.268. The fourth-order valence-electron chi connectivity index (χ4n) is 2.84. The number of carbonyl (C=O) groups excluding carboxylic acids is 1. The van der Waals surface area contributed by atoms with Gasteiger partial charge in [0.05, 0.1) is 6.61 Å². The fourth-order valence-corrected chi connectivity index (χ4v) is 2.84. The number of benzene rings is 2. The maximum absolute atomic E-state index is 13.3. The minimum atomic E-state index is -0.268. The zero-order valence-corrected chi connectivity index (χ0v) is 13.8. The molecule has 0 spiro atoms. The Bertz CT molecular complexity index is 706. The molecule has 0 N–H and O–H groups in total. The molecule has 0 heterocycles. The summed E-state index contributed by atoms with van der Waals surface area (Å²) in [6, 6.07) is 10.1. The quantitative estimate of drug-likeness (QED) is 0.525. The Morgan fingerprint density at radius 1 is 1.17 bits per heavy atom. The molecule has 0 radical (unpaired) electrons. The van der Waals surface area contributed by atoms with E-state index in [1.54, 1.807) is 18.2 Å². The average Bonchev–Trinajstić information content (AvgIpc) is 3.44. The SMILES string of the molecule is CCOCCOc1cc(C=O)cc(C2CC2)c1-c1ccc(F)cc1. The Morgan fingerprint density at radius 3 is 2.54 bits per heavy atom. The van der Waals surface area contributed by atoms with Gasteiger partial charge < -0.3 is 9.47 Å². The van der Waals surface area contributed by atoms with Gasteiger partial charge in [0, 0.05) is 17.7 Å². The van der Waals surface area contributed by atoms with Gasteiger partial charge in [0.25, 0.3) is 0 Å². The summed E-state index contributed by atoms with van der Waals surface area (Å²) in [5.41, 5.74) is 3.58. The molecular weight excluding hydrogens is 307 g/mol. The molecule has 0 saturated heterocycles. The molecule has 0 bridgehead atoms. The Kier molecular flexibility index (Phi) is 5.26.